The molecule has 0 bridgehead atoms. The summed E-state index contributed by atoms with van der Waals surface area (Å²) in [7, 11) is 0. The maximum Gasteiger partial charge on any atom is 0.136 e. The zero-order valence-electron chi connectivity index (χ0n) is 24.6. The molecule has 0 N–H and O–H groups in total. The third-order valence-corrected chi connectivity index (χ3v) is 9.01. The Hall–Kier alpha value is -5.92. The highest BCUT2D eigenvalue weighted by Gasteiger charge is 2.12. The van der Waals surface area contributed by atoms with Gasteiger partial charge in [0, 0.05) is 10.8 Å². The third-order valence-electron chi connectivity index (χ3n) is 9.01. The minimum absolute atomic E-state index is 0.909. The first-order valence-electron chi connectivity index (χ1n) is 15.4. The second-order valence-corrected chi connectivity index (χ2v) is 11.8. The molecule has 0 spiro atoms. The number of benzene rings is 8. The lowest BCUT2D eigenvalue weighted by molar-refractivity contribution is 0.669. The van der Waals surface area contributed by atoms with Crippen molar-refractivity contribution >= 4 is 43.5 Å². The summed E-state index contributed by atoms with van der Waals surface area (Å²) >= 11 is 0. The Morgan fingerprint density at radius 3 is 1.40 bits per heavy atom. The van der Waals surface area contributed by atoms with E-state index in [4.69, 9.17) is 4.42 Å². The Bertz CT molecular complexity index is 2530. The number of hydrogen-bond acceptors (Lipinski definition) is 1. The van der Waals surface area contributed by atoms with Gasteiger partial charge in [0.2, 0.25) is 0 Å². The van der Waals surface area contributed by atoms with Crippen LogP contribution in [0.25, 0.3) is 88.0 Å². The molecule has 0 unspecified atom stereocenters. The summed E-state index contributed by atoms with van der Waals surface area (Å²) < 4.78 is 6.28. The standard InChI is InChI=1S/C44H28O/c1-2-8-29(9-3-1)32-16-17-34-24-36(19-18-33(34)23-32)39-25-38(35-15-14-30-10-4-5-11-31(30)22-35)26-40(27-39)37-20-21-42-41-12-6-7-13-43(41)45-44(42)28-37/h1-28H. The van der Waals surface area contributed by atoms with Crippen molar-refractivity contribution in [3.63, 3.8) is 0 Å². The molecule has 0 saturated carbocycles. The predicted molar refractivity (Wildman–Crippen MR) is 190 cm³/mol. The first kappa shape index (κ1) is 25.6. The zero-order valence-corrected chi connectivity index (χ0v) is 24.6. The van der Waals surface area contributed by atoms with E-state index in [9.17, 15) is 0 Å². The quantitative estimate of drug-likeness (QED) is 0.204. The van der Waals surface area contributed by atoms with E-state index in [2.05, 4.69) is 158 Å². The molecule has 0 saturated heterocycles. The SMILES string of the molecule is c1ccc(-c2ccc3cc(-c4cc(-c5ccc6ccccc6c5)cc(-c5ccc6c(c5)oc5ccccc56)c4)ccc3c2)cc1. The Labute approximate surface area is 261 Å². The van der Waals surface area contributed by atoms with Crippen molar-refractivity contribution in [2.75, 3.05) is 0 Å². The highest BCUT2D eigenvalue weighted by atomic mass is 16.3. The molecule has 8 aromatic carbocycles. The lowest BCUT2D eigenvalue weighted by Gasteiger charge is -2.13. The van der Waals surface area contributed by atoms with E-state index in [-0.39, 0.29) is 0 Å². The molecule has 1 heterocycles. The van der Waals surface area contributed by atoms with Crippen LogP contribution in [0, 0.1) is 0 Å². The van der Waals surface area contributed by atoms with Gasteiger partial charge in [0.05, 0.1) is 0 Å². The van der Waals surface area contributed by atoms with Crippen LogP contribution in [0.1, 0.15) is 0 Å². The third kappa shape index (κ3) is 4.58. The van der Waals surface area contributed by atoms with E-state index >= 15 is 0 Å². The highest BCUT2D eigenvalue weighted by Crippen LogP contribution is 2.38. The van der Waals surface area contributed by atoms with Gasteiger partial charge in [-0.05, 0) is 121 Å². The summed E-state index contributed by atoms with van der Waals surface area (Å²) in [5.74, 6) is 0. The summed E-state index contributed by atoms with van der Waals surface area (Å²) in [4.78, 5) is 0. The Morgan fingerprint density at radius 2 is 0.711 bits per heavy atom. The highest BCUT2D eigenvalue weighted by molar-refractivity contribution is 6.06. The van der Waals surface area contributed by atoms with E-state index in [0.717, 1.165) is 33.1 Å². The average molecular weight is 573 g/mol. The van der Waals surface area contributed by atoms with Crippen molar-refractivity contribution < 1.29 is 4.42 Å². The monoisotopic (exact) mass is 572 g/mol. The maximum absolute atomic E-state index is 6.28. The van der Waals surface area contributed by atoms with Gasteiger partial charge in [-0.15, -0.1) is 0 Å². The molecule has 0 amide bonds. The van der Waals surface area contributed by atoms with Gasteiger partial charge in [-0.25, -0.2) is 0 Å². The first-order chi connectivity index (χ1) is 22.2. The molecular weight excluding hydrogens is 544 g/mol. The van der Waals surface area contributed by atoms with Crippen LogP contribution in [-0.2, 0) is 0 Å². The van der Waals surface area contributed by atoms with Crippen LogP contribution in [0.15, 0.2) is 174 Å². The molecule has 1 heteroatoms. The van der Waals surface area contributed by atoms with Crippen LogP contribution in [-0.4, -0.2) is 0 Å². The van der Waals surface area contributed by atoms with E-state index in [0.29, 0.717) is 0 Å². The molecule has 210 valence electrons. The van der Waals surface area contributed by atoms with Crippen LogP contribution in [0.4, 0.5) is 0 Å². The molecule has 0 radical (unpaired) electrons. The number of furan rings is 1. The van der Waals surface area contributed by atoms with Gasteiger partial charge in [-0.2, -0.15) is 0 Å². The topological polar surface area (TPSA) is 13.1 Å². The number of fused-ring (bicyclic) bond motifs is 5. The lowest BCUT2D eigenvalue weighted by atomic mass is 9.91. The summed E-state index contributed by atoms with van der Waals surface area (Å²) in [6, 6.07) is 61.3. The first-order valence-corrected chi connectivity index (χ1v) is 15.4. The fourth-order valence-electron chi connectivity index (χ4n) is 6.64. The van der Waals surface area contributed by atoms with Crippen molar-refractivity contribution in [1.29, 1.82) is 0 Å². The minimum atomic E-state index is 0.909. The van der Waals surface area contributed by atoms with Crippen molar-refractivity contribution in [3.05, 3.63) is 170 Å². The Morgan fingerprint density at radius 1 is 0.244 bits per heavy atom. The van der Waals surface area contributed by atoms with Gasteiger partial charge < -0.3 is 4.42 Å². The van der Waals surface area contributed by atoms with Gasteiger partial charge in [0.15, 0.2) is 0 Å². The van der Waals surface area contributed by atoms with Crippen LogP contribution in [0.3, 0.4) is 0 Å². The van der Waals surface area contributed by atoms with E-state index in [1.807, 2.05) is 12.1 Å². The molecule has 9 aromatic rings. The van der Waals surface area contributed by atoms with Crippen molar-refractivity contribution in [1.82, 2.24) is 0 Å². The van der Waals surface area contributed by atoms with Crippen LogP contribution in [0.5, 0.6) is 0 Å². The molecule has 0 aliphatic carbocycles. The van der Waals surface area contributed by atoms with Crippen molar-refractivity contribution in [2.24, 2.45) is 0 Å². The van der Waals surface area contributed by atoms with Gasteiger partial charge in [-0.3, -0.25) is 0 Å². The lowest BCUT2D eigenvalue weighted by Crippen LogP contribution is -1.87. The number of para-hydroxylation sites is 1. The summed E-state index contributed by atoms with van der Waals surface area (Å²) in [5.41, 5.74) is 11.4. The molecular formula is C44H28O. The largest absolute Gasteiger partial charge is 0.456 e. The van der Waals surface area contributed by atoms with Crippen molar-refractivity contribution in [3.8, 4) is 44.5 Å². The Balaban J connectivity index is 1.20. The number of rotatable bonds is 4. The van der Waals surface area contributed by atoms with E-state index < -0.39 is 0 Å². The minimum Gasteiger partial charge on any atom is -0.456 e. The maximum atomic E-state index is 6.28. The fraction of sp³-hybridized carbons (Fsp3) is 0. The number of hydrogen-bond donors (Lipinski definition) is 0. The van der Waals surface area contributed by atoms with Gasteiger partial charge >= 0.3 is 0 Å². The van der Waals surface area contributed by atoms with Crippen LogP contribution >= 0.6 is 0 Å². The average Bonchev–Trinajstić information content (AvgIpc) is 3.49. The van der Waals surface area contributed by atoms with E-state index in [1.165, 1.54) is 54.9 Å². The molecule has 45 heavy (non-hydrogen) atoms. The summed E-state index contributed by atoms with van der Waals surface area (Å²) in [6.45, 7) is 0. The smallest absolute Gasteiger partial charge is 0.136 e. The van der Waals surface area contributed by atoms with Crippen molar-refractivity contribution in [2.45, 2.75) is 0 Å². The van der Waals surface area contributed by atoms with Crippen LogP contribution in [0.2, 0.25) is 0 Å². The normalized spacial score (nSPS) is 11.6. The van der Waals surface area contributed by atoms with E-state index in [1.54, 1.807) is 0 Å². The molecule has 9 rings (SSSR count). The molecule has 0 aliphatic heterocycles. The molecule has 0 aliphatic rings. The molecule has 1 nitrogen and oxygen atoms in total. The van der Waals surface area contributed by atoms with Gasteiger partial charge in [-0.1, -0.05) is 115 Å². The second kappa shape index (κ2) is 10.4. The van der Waals surface area contributed by atoms with Gasteiger partial charge in [0.25, 0.3) is 0 Å². The molecule has 0 fully saturated rings. The molecule has 0 atom stereocenters. The zero-order chi connectivity index (χ0) is 29.7. The fourth-order valence-corrected chi connectivity index (χ4v) is 6.64. The predicted octanol–water partition coefficient (Wildman–Crippen LogP) is 12.6. The Kier molecular flexibility index (Phi) is 5.89. The summed E-state index contributed by atoms with van der Waals surface area (Å²) in [5, 5.41) is 7.25. The van der Waals surface area contributed by atoms with Gasteiger partial charge in [0.1, 0.15) is 11.2 Å². The summed E-state index contributed by atoms with van der Waals surface area (Å²) in [6.07, 6.45) is 0. The van der Waals surface area contributed by atoms with Crippen LogP contribution < -0.4 is 0 Å². The second-order valence-electron chi connectivity index (χ2n) is 11.8. The molecule has 1 aromatic heterocycles.